The van der Waals surface area contributed by atoms with Crippen LogP contribution in [0.2, 0.25) is 5.02 Å². The van der Waals surface area contributed by atoms with Gasteiger partial charge in [0.15, 0.2) is 18.1 Å². The summed E-state index contributed by atoms with van der Waals surface area (Å²) in [6.07, 6.45) is 2.46. The average Bonchev–Trinajstić information content (AvgIpc) is 3.19. The fourth-order valence-corrected chi connectivity index (χ4v) is 2.11. The van der Waals surface area contributed by atoms with E-state index in [9.17, 15) is 4.79 Å². The van der Waals surface area contributed by atoms with Crippen molar-refractivity contribution >= 4 is 17.5 Å². The van der Waals surface area contributed by atoms with Gasteiger partial charge in [0.05, 0.1) is 11.6 Å². The van der Waals surface area contributed by atoms with Gasteiger partial charge in [-0.3, -0.25) is 4.79 Å². The molecule has 0 atom stereocenters. The van der Waals surface area contributed by atoms with Gasteiger partial charge >= 0.3 is 0 Å². The van der Waals surface area contributed by atoms with Crippen LogP contribution >= 0.6 is 11.6 Å². The fraction of sp³-hybridized carbons (Fsp3) is 0.500. The first-order valence-electron chi connectivity index (χ1n) is 6.70. The quantitative estimate of drug-likeness (QED) is 0.630. The molecule has 7 heteroatoms. The van der Waals surface area contributed by atoms with Gasteiger partial charge in [-0.25, -0.2) is 0 Å². The molecular formula is C14H19Cl2N2O3-. The third kappa shape index (κ3) is 5.61. The van der Waals surface area contributed by atoms with Gasteiger partial charge in [-0.05, 0) is 37.5 Å². The molecule has 118 valence electrons. The van der Waals surface area contributed by atoms with E-state index in [4.69, 9.17) is 26.8 Å². The van der Waals surface area contributed by atoms with Gasteiger partial charge in [0, 0.05) is 12.6 Å². The Morgan fingerprint density at radius 2 is 2.14 bits per heavy atom. The molecule has 1 aliphatic rings. The number of nitrogens with two attached hydrogens (primary N) is 1. The van der Waals surface area contributed by atoms with Gasteiger partial charge in [0.25, 0.3) is 5.91 Å². The Labute approximate surface area is 135 Å². The Morgan fingerprint density at radius 1 is 1.43 bits per heavy atom. The molecule has 0 saturated heterocycles. The minimum absolute atomic E-state index is 0. The minimum atomic E-state index is -0.553. The van der Waals surface area contributed by atoms with Crippen LogP contribution in [0.4, 0.5) is 0 Å². The van der Waals surface area contributed by atoms with Gasteiger partial charge in [0.2, 0.25) is 0 Å². The van der Waals surface area contributed by atoms with Crippen molar-refractivity contribution in [3.63, 3.8) is 0 Å². The number of amides is 1. The molecular weight excluding hydrogens is 315 g/mol. The maximum Gasteiger partial charge on any atom is 0.255 e. The lowest BCUT2D eigenvalue weighted by Crippen LogP contribution is -3.00. The first kappa shape index (κ1) is 17.9. The lowest BCUT2D eigenvalue weighted by Gasteiger charge is -2.14. The first-order valence-corrected chi connectivity index (χ1v) is 7.07. The van der Waals surface area contributed by atoms with Crippen LogP contribution in [0.1, 0.15) is 25.3 Å². The topological polar surface area (TPSA) is 73.6 Å². The number of hydrogen-bond donors (Lipinski definition) is 2. The molecule has 0 spiro atoms. The summed E-state index contributed by atoms with van der Waals surface area (Å²) in [7, 11) is 0. The van der Waals surface area contributed by atoms with Crippen LogP contribution in [0.5, 0.6) is 11.5 Å². The summed E-state index contributed by atoms with van der Waals surface area (Å²) < 4.78 is 10.8. The van der Waals surface area contributed by atoms with E-state index < -0.39 is 5.91 Å². The van der Waals surface area contributed by atoms with E-state index in [1.165, 1.54) is 12.8 Å². The second-order valence-electron chi connectivity index (χ2n) is 4.75. The Balaban J connectivity index is 0.00000220. The summed E-state index contributed by atoms with van der Waals surface area (Å²) in [5.74, 6) is 0.347. The minimum Gasteiger partial charge on any atom is -1.00 e. The summed E-state index contributed by atoms with van der Waals surface area (Å²) in [5.41, 5.74) is 6.10. The Morgan fingerprint density at radius 3 is 2.71 bits per heavy atom. The van der Waals surface area contributed by atoms with E-state index in [1.807, 2.05) is 19.1 Å². The van der Waals surface area contributed by atoms with Crippen molar-refractivity contribution in [2.75, 3.05) is 13.2 Å². The number of nitrogens with one attached hydrogen (secondary N) is 1. The standard InChI is InChI=1S/C14H19ClN2O3.ClH/c1-2-19-12-6-9(7-17-10-3-4-10)5-11(15)14(12)20-8-13(16)18;/h5-6,10,17H,2-4,7-8H2,1H3,(H2,16,18);1H/p-1. The van der Waals surface area contributed by atoms with Crippen molar-refractivity contribution in [2.45, 2.75) is 32.4 Å². The lowest BCUT2D eigenvalue weighted by atomic mass is 10.2. The van der Waals surface area contributed by atoms with E-state index in [-0.39, 0.29) is 19.0 Å². The zero-order chi connectivity index (χ0) is 14.5. The van der Waals surface area contributed by atoms with Crippen LogP contribution in [0, 0.1) is 0 Å². The molecule has 1 fully saturated rings. The zero-order valence-electron chi connectivity index (χ0n) is 11.8. The van der Waals surface area contributed by atoms with Gasteiger partial charge in [-0.2, -0.15) is 0 Å². The normalized spacial score (nSPS) is 13.4. The van der Waals surface area contributed by atoms with Crippen molar-refractivity contribution in [2.24, 2.45) is 5.73 Å². The van der Waals surface area contributed by atoms with Crippen molar-refractivity contribution in [1.82, 2.24) is 5.32 Å². The summed E-state index contributed by atoms with van der Waals surface area (Å²) >= 11 is 6.20. The maximum absolute atomic E-state index is 10.8. The molecule has 1 aromatic carbocycles. The van der Waals surface area contributed by atoms with Crippen molar-refractivity contribution < 1.29 is 26.7 Å². The molecule has 21 heavy (non-hydrogen) atoms. The van der Waals surface area contributed by atoms with Crippen LogP contribution in [0.3, 0.4) is 0 Å². The molecule has 0 radical (unpaired) electrons. The smallest absolute Gasteiger partial charge is 0.255 e. The van der Waals surface area contributed by atoms with Crippen LogP contribution in [0.25, 0.3) is 0 Å². The SMILES string of the molecule is CCOc1cc(CNC2CC2)cc(Cl)c1OCC(N)=O.[Cl-]. The third-order valence-corrected chi connectivity index (χ3v) is 3.18. The van der Waals surface area contributed by atoms with Gasteiger partial charge < -0.3 is 32.9 Å². The van der Waals surface area contributed by atoms with Gasteiger partial charge in [-0.1, -0.05) is 11.6 Å². The van der Waals surface area contributed by atoms with Gasteiger partial charge in [-0.15, -0.1) is 0 Å². The fourth-order valence-electron chi connectivity index (χ4n) is 1.82. The number of carbonyl (C=O) groups is 1. The highest BCUT2D eigenvalue weighted by Gasteiger charge is 2.21. The molecule has 0 heterocycles. The van der Waals surface area contributed by atoms with E-state index in [0.29, 0.717) is 29.2 Å². The van der Waals surface area contributed by atoms with Crippen molar-refractivity contribution in [1.29, 1.82) is 0 Å². The van der Waals surface area contributed by atoms with Crippen molar-refractivity contribution in [3.8, 4) is 11.5 Å². The summed E-state index contributed by atoms with van der Waals surface area (Å²) in [5, 5.41) is 3.83. The summed E-state index contributed by atoms with van der Waals surface area (Å²) in [4.78, 5) is 10.8. The Bertz CT molecular complexity index is 493. The number of benzene rings is 1. The highest BCUT2D eigenvalue weighted by Crippen LogP contribution is 2.36. The highest BCUT2D eigenvalue weighted by molar-refractivity contribution is 6.32. The van der Waals surface area contributed by atoms with Crippen LogP contribution in [-0.2, 0) is 11.3 Å². The Hall–Kier alpha value is -1.17. The first-order chi connectivity index (χ1) is 9.60. The maximum atomic E-state index is 10.8. The second kappa shape index (κ2) is 8.32. The zero-order valence-corrected chi connectivity index (χ0v) is 13.3. The molecule has 0 bridgehead atoms. The monoisotopic (exact) mass is 333 g/mol. The molecule has 1 aromatic rings. The van der Waals surface area contributed by atoms with E-state index in [2.05, 4.69) is 5.32 Å². The Kier molecular flexibility index (Phi) is 7.08. The van der Waals surface area contributed by atoms with Gasteiger partial charge in [0.1, 0.15) is 0 Å². The highest BCUT2D eigenvalue weighted by atomic mass is 35.5. The molecule has 1 saturated carbocycles. The van der Waals surface area contributed by atoms with E-state index in [1.54, 1.807) is 0 Å². The van der Waals surface area contributed by atoms with E-state index in [0.717, 1.165) is 12.1 Å². The average molecular weight is 334 g/mol. The molecule has 0 unspecified atom stereocenters. The van der Waals surface area contributed by atoms with Crippen LogP contribution in [-0.4, -0.2) is 25.2 Å². The number of halogens is 2. The second-order valence-corrected chi connectivity index (χ2v) is 5.16. The number of ether oxygens (including phenoxy) is 2. The van der Waals surface area contributed by atoms with E-state index >= 15 is 0 Å². The molecule has 0 aromatic heterocycles. The summed E-state index contributed by atoms with van der Waals surface area (Å²) in [6.45, 7) is 2.88. The lowest BCUT2D eigenvalue weighted by molar-refractivity contribution is -0.119. The third-order valence-electron chi connectivity index (χ3n) is 2.90. The van der Waals surface area contributed by atoms with Crippen molar-refractivity contribution in [3.05, 3.63) is 22.7 Å². The van der Waals surface area contributed by atoms with Crippen LogP contribution < -0.4 is 32.9 Å². The molecule has 0 aliphatic heterocycles. The molecule has 5 nitrogen and oxygen atoms in total. The predicted molar refractivity (Wildman–Crippen MR) is 77.2 cm³/mol. The number of rotatable bonds is 8. The number of carbonyl (C=O) groups excluding carboxylic acids is 1. The number of hydrogen-bond acceptors (Lipinski definition) is 4. The molecule has 2 rings (SSSR count). The number of primary amides is 1. The molecule has 1 amide bonds. The van der Waals surface area contributed by atoms with Crippen LogP contribution in [0.15, 0.2) is 12.1 Å². The molecule has 3 N–H and O–H groups in total. The summed E-state index contributed by atoms with van der Waals surface area (Å²) in [6, 6.07) is 4.31. The molecule has 1 aliphatic carbocycles. The predicted octanol–water partition coefficient (Wildman–Crippen LogP) is -1.14. The largest absolute Gasteiger partial charge is 1.00 e.